The fourth-order valence-corrected chi connectivity index (χ4v) is 4.18. The minimum absolute atomic E-state index is 0.0397. The first-order valence-electron chi connectivity index (χ1n) is 13.0. The van der Waals surface area contributed by atoms with E-state index >= 15 is 0 Å². The van der Waals surface area contributed by atoms with Gasteiger partial charge in [-0.25, -0.2) is 4.79 Å². The average Bonchev–Trinajstić information content (AvgIpc) is 2.96. The number of hydrogen-bond acceptors (Lipinski definition) is 8. The molecule has 0 aromatic heterocycles. The molecule has 1 amide bonds. The first-order chi connectivity index (χ1) is 20.0. The molecule has 0 bridgehead atoms. The number of para-hydroxylation sites is 1. The van der Waals surface area contributed by atoms with Crippen molar-refractivity contribution in [2.75, 3.05) is 50.6 Å². The molecule has 4 rings (SSSR count). The minimum atomic E-state index is -5.34. The largest absolute Gasteiger partial charge is 0.504 e. The van der Waals surface area contributed by atoms with E-state index < -0.39 is 23.8 Å². The molecule has 1 saturated heterocycles. The lowest BCUT2D eigenvalue weighted by Crippen LogP contribution is -2.44. The Balaban J connectivity index is 1.48. The van der Waals surface area contributed by atoms with Crippen molar-refractivity contribution in [2.45, 2.75) is 12.8 Å². The Kier molecular flexibility index (Phi) is 9.58. The van der Waals surface area contributed by atoms with Gasteiger partial charge in [-0.05, 0) is 61.2 Å². The maximum absolute atomic E-state index is 13.1. The van der Waals surface area contributed by atoms with E-state index in [2.05, 4.69) is 26.9 Å². The van der Waals surface area contributed by atoms with Crippen LogP contribution in [0.2, 0.25) is 0 Å². The van der Waals surface area contributed by atoms with E-state index in [1.54, 1.807) is 18.2 Å². The SMILES string of the molecule is COc1ccc(/C=C(/OC(=O)C(F)(F)F)C(=O)Nc2ccccc2COc2ccc(N3CCN(C)CC3)cc2)cc1O. The van der Waals surface area contributed by atoms with Crippen molar-refractivity contribution in [1.82, 2.24) is 4.90 Å². The lowest BCUT2D eigenvalue weighted by Gasteiger charge is -2.34. The Morgan fingerprint density at radius 3 is 2.33 bits per heavy atom. The van der Waals surface area contributed by atoms with Crippen LogP contribution < -0.4 is 19.7 Å². The van der Waals surface area contributed by atoms with Crippen molar-refractivity contribution < 1.29 is 42.1 Å². The fourth-order valence-electron chi connectivity index (χ4n) is 4.18. The molecule has 0 unspecified atom stereocenters. The Morgan fingerprint density at radius 1 is 1.00 bits per heavy atom. The van der Waals surface area contributed by atoms with E-state index in [9.17, 15) is 27.9 Å². The number of piperazine rings is 1. The Bertz CT molecular complexity index is 1430. The second-order valence-electron chi connectivity index (χ2n) is 9.51. The summed E-state index contributed by atoms with van der Waals surface area (Å²) in [5, 5.41) is 12.5. The van der Waals surface area contributed by atoms with E-state index in [4.69, 9.17) is 9.47 Å². The third-order valence-electron chi connectivity index (χ3n) is 6.52. The molecule has 1 heterocycles. The van der Waals surface area contributed by atoms with Crippen LogP contribution >= 0.6 is 0 Å². The molecular weight excluding hydrogens is 555 g/mol. The van der Waals surface area contributed by atoms with Crippen LogP contribution in [0.5, 0.6) is 17.2 Å². The molecule has 42 heavy (non-hydrogen) atoms. The molecule has 2 N–H and O–H groups in total. The predicted molar refractivity (Wildman–Crippen MR) is 150 cm³/mol. The van der Waals surface area contributed by atoms with E-state index in [0.717, 1.165) is 44.0 Å². The van der Waals surface area contributed by atoms with Crippen LogP contribution in [-0.2, 0) is 20.9 Å². The van der Waals surface area contributed by atoms with Gasteiger partial charge in [-0.1, -0.05) is 24.3 Å². The van der Waals surface area contributed by atoms with Gasteiger partial charge in [0.05, 0.1) is 7.11 Å². The van der Waals surface area contributed by atoms with Crippen LogP contribution in [0.25, 0.3) is 6.08 Å². The van der Waals surface area contributed by atoms with Crippen molar-refractivity contribution >= 4 is 29.3 Å². The molecule has 1 aliphatic rings. The first kappa shape index (κ1) is 30.3. The summed E-state index contributed by atoms with van der Waals surface area (Å²) < 4.78 is 54.2. The molecule has 12 heteroatoms. The molecule has 0 saturated carbocycles. The fraction of sp³-hybridized carbons (Fsp3) is 0.267. The van der Waals surface area contributed by atoms with E-state index in [1.807, 2.05) is 24.3 Å². The minimum Gasteiger partial charge on any atom is -0.504 e. The summed E-state index contributed by atoms with van der Waals surface area (Å²) >= 11 is 0. The molecular formula is C30H30F3N3O6. The van der Waals surface area contributed by atoms with Gasteiger partial charge in [0.2, 0.25) is 0 Å². The number of esters is 1. The van der Waals surface area contributed by atoms with Crippen LogP contribution in [-0.4, -0.2) is 68.4 Å². The number of phenols is 1. The third kappa shape index (κ3) is 7.94. The first-order valence-corrected chi connectivity index (χ1v) is 13.0. The highest BCUT2D eigenvalue weighted by molar-refractivity contribution is 6.07. The number of alkyl halides is 3. The van der Waals surface area contributed by atoms with Gasteiger partial charge in [0.15, 0.2) is 17.3 Å². The number of methoxy groups -OCH3 is 1. The lowest BCUT2D eigenvalue weighted by molar-refractivity contribution is -0.195. The maximum Gasteiger partial charge on any atom is 0.491 e. The molecule has 0 radical (unpaired) electrons. The zero-order valence-corrected chi connectivity index (χ0v) is 23.0. The Labute approximate surface area is 240 Å². The molecule has 222 valence electrons. The second kappa shape index (κ2) is 13.3. The third-order valence-corrected chi connectivity index (χ3v) is 6.52. The van der Waals surface area contributed by atoms with Gasteiger partial charge in [0.1, 0.15) is 12.4 Å². The van der Waals surface area contributed by atoms with Gasteiger partial charge in [-0.3, -0.25) is 4.79 Å². The summed E-state index contributed by atoms with van der Waals surface area (Å²) in [5.74, 6) is -4.25. The summed E-state index contributed by atoms with van der Waals surface area (Å²) in [4.78, 5) is 29.2. The normalized spacial score (nSPS) is 14.3. The van der Waals surface area contributed by atoms with Crippen LogP contribution in [0.3, 0.4) is 0 Å². The molecule has 3 aromatic carbocycles. The van der Waals surface area contributed by atoms with Crippen LogP contribution in [0.1, 0.15) is 11.1 Å². The molecule has 3 aromatic rings. The smallest absolute Gasteiger partial charge is 0.491 e. The number of ether oxygens (including phenoxy) is 3. The van der Waals surface area contributed by atoms with Gasteiger partial charge in [-0.15, -0.1) is 0 Å². The van der Waals surface area contributed by atoms with E-state index in [0.29, 0.717) is 11.3 Å². The highest BCUT2D eigenvalue weighted by Gasteiger charge is 2.42. The highest BCUT2D eigenvalue weighted by Crippen LogP contribution is 2.29. The predicted octanol–water partition coefficient (Wildman–Crippen LogP) is 4.82. The van der Waals surface area contributed by atoms with Crippen molar-refractivity contribution in [1.29, 1.82) is 0 Å². The number of amides is 1. The van der Waals surface area contributed by atoms with Crippen molar-refractivity contribution in [3.05, 3.63) is 83.6 Å². The Morgan fingerprint density at radius 2 is 1.69 bits per heavy atom. The van der Waals surface area contributed by atoms with Crippen LogP contribution in [0.4, 0.5) is 24.5 Å². The van der Waals surface area contributed by atoms with Crippen LogP contribution in [0, 0.1) is 0 Å². The van der Waals surface area contributed by atoms with E-state index in [1.165, 1.54) is 25.3 Å². The maximum atomic E-state index is 13.1. The monoisotopic (exact) mass is 585 g/mol. The summed E-state index contributed by atoms with van der Waals surface area (Å²) in [6, 6.07) is 18.0. The van der Waals surface area contributed by atoms with Crippen molar-refractivity contribution in [3.8, 4) is 17.2 Å². The summed E-state index contributed by atoms with van der Waals surface area (Å²) in [5.41, 5.74) is 1.94. The van der Waals surface area contributed by atoms with Gasteiger partial charge in [-0.2, -0.15) is 13.2 Å². The van der Waals surface area contributed by atoms with Crippen molar-refractivity contribution in [3.63, 3.8) is 0 Å². The number of nitrogens with zero attached hydrogens (tertiary/aromatic N) is 2. The number of carbonyl (C=O) groups is 2. The molecule has 9 nitrogen and oxygen atoms in total. The highest BCUT2D eigenvalue weighted by atomic mass is 19.4. The summed E-state index contributed by atoms with van der Waals surface area (Å²) in [6.45, 7) is 3.86. The quantitative estimate of drug-likeness (QED) is 0.210. The zero-order valence-electron chi connectivity index (χ0n) is 23.0. The molecule has 0 aliphatic carbocycles. The molecule has 0 spiro atoms. The number of nitrogens with one attached hydrogen (secondary N) is 1. The molecule has 1 aliphatic heterocycles. The number of likely N-dealkylation sites (N-methyl/N-ethyl adjacent to an activating group) is 1. The second-order valence-corrected chi connectivity index (χ2v) is 9.51. The number of benzene rings is 3. The van der Waals surface area contributed by atoms with Crippen molar-refractivity contribution in [2.24, 2.45) is 0 Å². The number of halogens is 3. The Hall–Kier alpha value is -4.71. The number of anilines is 2. The molecule has 1 fully saturated rings. The topological polar surface area (TPSA) is 101 Å². The number of aromatic hydroxyl groups is 1. The van der Waals surface area contributed by atoms with Gasteiger partial charge in [0.25, 0.3) is 5.91 Å². The standard InChI is InChI=1S/C30H30F3N3O6/c1-35-13-15-36(16-14-35)22-8-10-23(11-9-22)41-19-21-5-3-4-6-24(21)34-28(38)27(42-29(39)30(31,32)33)18-20-7-12-26(40-2)25(37)17-20/h3-12,17-18,37H,13-16,19H2,1-2H3,(H,34,38)/b27-18+. The zero-order chi connectivity index (χ0) is 30.3. The summed E-state index contributed by atoms with van der Waals surface area (Å²) in [6.07, 6.45) is -4.44. The molecule has 0 atom stereocenters. The lowest BCUT2D eigenvalue weighted by atomic mass is 10.1. The summed E-state index contributed by atoms with van der Waals surface area (Å²) in [7, 11) is 3.41. The van der Waals surface area contributed by atoms with Gasteiger partial charge >= 0.3 is 12.1 Å². The number of rotatable bonds is 9. The van der Waals surface area contributed by atoms with E-state index in [-0.39, 0.29) is 29.4 Å². The number of carbonyl (C=O) groups excluding carboxylic acids is 2. The van der Waals surface area contributed by atoms with Crippen LogP contribution in [0.15, 0.2) is 72.5 Å². The number of phenolic OH excluding ortho intramolecular Hbond substituents is 1. The van der Waals surface area contributed by atoms with Gasteiger partial charge < -0.3 is 34.4 Å². The van der Waals surface area contributed by atoms with Gasteiger partial charge in [0, 0.05) is 43.1 Å². The average molecular weight is 586 g/mol. The number of hydrogen-bond donors (Lipinski definition) is 2.